The molecule has 2 amide bonds. The van der Waals surface area contributed by atoms with Crippen molar-refractivity contribution in [3.8, 4) is 0 Å². The van der Waals surface area contributed by atoms with Crippen LogP contribution < -0.4 is 10.6 Å². The second kappa shape index (κ2) is 11.8. The second-order valence-electron chi connectivity index (χ2n) is 8.62. The number of carbonyl (C=O) groups is 2. The molecule has 6 heteroatoms. The van der Waals surface area contributed by atoms with E-state index in [2.05, 4.69) is 10.6 Å². The summed E-state index contributed by atoms with van der Waals surface area (Å²) in [6.45, 7) is 3.31. The molecular weight excluding hydrogens is 402 g/mol. The van der Waals surface area contributed by atoms with E-state index in [1.165, 1.54) is 0 Å². The number of methoxy groups -OCH3 is 1. The number of rotatable bonds is 10. The topological polar surface area (TPSA) is 70.7 Å². The molecule has 0 aliphatic carbocycles. The van der Waals surface area contributed by atoms with Gasteiger partial charge in [0.05, 0.1) is 12.0 Å². The molecule has 0 spiro atoms. The van der Waals surface area contributed by atoms with E-state index >= 15 is 0 Å². The molecule has 32 heavy (non-hydrogen) atoms. The van der Waals surface area contributed by atoms with Crippen molar-refractivity contribution in [1.29, 1.82) is 0 Å². The van der Waals surface area contributed by atoms with Crippen LogP contribution in [-0.2, 0) is 27.3 Å². The molecule has 2 N–H and O–H groups in total. The molecule has 1 aliphatic rings. The lowest BCUT2D eigenvalue weighted by molar-refractivity contribution is -0.138. The third-order valence-corrected chi connectivity index (χ3v) is 6.21. The Kier molecular flexibility index (Phi) is 8.82. The van der Waals surface area contributed by atoms with Crippen molar-refractivity contribution in [1.82, 2.24) is 15.5 Å². The minimum atomic E-state index is -0.643. The van der Waals surface area contributed by atoms with Crippen LogP contribution in [-0.4, -0.2) is 55.6 Å². The zero-order valence-electron chi connectivity index (χ0n) is 19.3. The Morgan fingerprint density at radius 1 is 1.09 bits per heavy atom. The third kappa shape index (κ3) is 6.40. The van der Waals surface area contributed by atoms with Gasteiger partial charge in [-0.15, -0.1) is 0 Å². The maximum absolute atomic E-state index is 13.4. The van der Waals surface area contributed by atoms with Crippen molar-refractivity contribution in [3.05, 3.63) is 71.8 Å². The first-order chi connectivity index (χ1) is 15.5. The summed E-state index contributed by atoms with van der Waals surface area (Å²) < 4.78 is 5.69. The van der Waals surface area contributed by atoms with E-state index < -0.39 is 6.04 Å². The Labute approximate surface area is 191 Å². The van der Waals surface area contributed by atoms with E-state index in [0.29, 0.717) is 13.0 Å². The van der Waals surface area contributed by atoms with Gasteiger partial charge >= 0.3 is 0 Å². The molecule has 1 fully saturated rings. The van der Waals surface area contributed by atoms with Crippen LogP contribution in [0.1, 0.15) is 30.9 Å². The van der Waals surface area contributed by atoms with Crippen molar-refractivity contribution in [2.24, 2.45) is 5.92 Å². The lowest BCUT2D eigenvalue weighted by atomic mass is 9.94. The van der Waals surface area contributed by atoms with Gasteiger partial charge in [-0.2, -0.15) is 0 Å². The summed E-state index contributed by atoms with van der Waals surface area (Å²) in [5.41, 5.74) is 2.06. The SMILES string of the molecule is COC(C1CCCN1)C(C)C(=O)NC(Cc1ccccc1)C(=O)N(C)Cc1ccccc1. The quantitative estimate of drug-likeness (QED) is 0.600. The Balaban J connectivity index is 1.72. The largest absolute Gasteiger partial charge is 0.379 e. The number of likely N-dealkylation sites (N-methyl/N-ethyl adjacent to an activating group) is 1. The predicted molar refractivity (Wildman–Crippen MR) is 126 cm³/mol. The first kappa shape index (κ1) is 24.0. The number of carbonyl (C=O) groups excluding carboxylic acids is 2. The predicted octanol–water partition coefficient (Wildman–Crippen LogP) is 2.78. The van der Waals surface area contributed by atoms with E-state index in [1.807, 2.05) is 67.6 Å². The number of amides is 2. The minimum absolute atomic E-state index is 0.105. The summed E-state index contributed by atoms with van der Waals surface area (Å²) in [6.07, 6.45) is 2.28. The normalized spacial score (nSPS) is 18.5. The van der Waals surface area contributed by atoms with E-state index in [-0.39, 0.29) is 29.9 Å². The molecule has 0 radical (unpaired) electrons. The van der Waals surface area contributed by atoms with Crippen LogP contribution in [0.25, 0.3) is 0 Å². The zero-order chi connectivity index (χ0) is 22.9. The molecule has 1 saturated heterocycles. The van der Waals surface area contributed by atoms with Gasteiger partial charge in [-0.3, -0.25) is 9.59 Å². The number of hydrogen-bond donors (Lipinski definition) is 2. The molecule has 0 bridgehead atoms. The van der Waals surface area contributed by atoms with E-state index in [1.54, 1.807) is 19.1 Å². The van der Waals surface area contributed by atoms with Gasteiger partial charge in [-0.05, 0) is 30.5 Å². The van der Waals surface area contributed by atoms with Gasteiger partial charge in [-0.1, -0.05) is 67.6 Å². The van der Waals surface area contributed by atoms with Crippen LogP contribution in [0.15, 0.2) is 60.7 Å². The highest BCUT2D eigenvalue weighted by molar-refractivity contribution is 5.88. The van der Waals surface area contributed by atoms with Gasteiger partial charge in [0.1, 0.15) is 6.04 Å². The number of hydrogen-bond acceptors (Lipinski definition) is 4. The molecule has 172 valence electrons. The van der Waals surface area contributed by atoms with Crippen molar-refractivity contribution in [2.75, 3.05) is 20.7 Å². The van der Waals surface area contributed by atoms with Crippen LogP contribution >= 0.6 is 0 Å². The number of nitrogens with one attached hydrogen (secondary N) is 2. The molecule has 1 aliphatic heterocycles. The van der Waals surface area contributed by atoms with Gasteiger partial charge in [0.2, 0.25) is 11.8 Å². The maximum atomic E-state index is 13.4. The smallest absolute Gasteiger partial charge is 0.245 e. The third-order valence-electron chi connectivity index (χ3n) is 6.21. The molecule has 0 aromatic heterocycles. The van der Waals surface area contributed by atoms with Crippen LogP contribution in [0.2, 0.25) is 0 Å². The van der Waals surface area contributed by atoms with Crippen LogP contribution in [0.5, 0.6) is 0 Å². The average Bonchev–Trinajstić information content (AvgIpc) is 3.34. The fraction of sp³-hybridized carbons (Fsp3) is 0.462. The summed E-state index contributed by atoms with van der Waals surface area (Å²) in [4.78, 5) is 28.3. The standard InChI is InChI=1S/C26H35N3O3/c1-19(24(32-3)22-15-10-16-27-22)25(30)28-23(17-20-11-6-4-7-12-20)26(31)29(2)18-21-13-8-5-9-14-21/h4-9,11-14,19,22-24,27H,10,15-18H2,1-3H3,(H,28,30). The van der Waals surface area contributed by atoms with Crippen molar-refractivity contribution in [2.45, 2.75) is 50.9 Å². The molecule has 6 nitrogen and oxygen atoms in total. The summed E-state index contributed by atoms with van der Waals surface area (Å²) in [5, 5.41) is 6.46. The number of benzene rings is 2. The number of ether oxygens (including phenoxy) is 1. The zero-order valence-corrected chi connectivity index (χ0v) is 19.3. The molecule has 4 atom stereocenters. The van der Waals surface area contributed by atoms with Gasteiger partial charge < -0.3 is 20.3 Å². The highest BCUT2D eigenvalue weighted by atomic mass is 16.5. The average molecular weight is 438 g/mol. The molecule has 2 aromatic carbocycles. The fourth-order valence-electron chi connectivity index (χ4n) is 4.41. The van der Waals surface area contributed by atoms with Crippen molar-refractivity contribution in [3.63, 3.8) is 0 Å². The van der Waals surface area contributed by atoms with Gasteiger partial charge in [-0.25, -0.2) is 0 Å². The highest BCUT2D eigenvalue weighted by Gasteiger charge is 2.35. The van der Waals surface area contributed by atoms with E-state index in [0.717, 1.165) is 30.5 Å². The first-order valence-electron chi connectivity index (χ1n) is 11.4. The Morgan fingerprint density at radius 3 is 2.28 bits per heavy atom. The van der Waals surface area contributed by atoms with E-state index in [9.17, 15) is 9.59 Å². The monoisotopic (exact) mass is 437 g/mol. The minimum Gasteiger partial charge on any atom is -0.379 e. The van der Waals surface area contributed by atoms with Crippen molar-refractivity contribution < 1.29 is 14.3 Å². The Hall–Kier alpha value is -2.70. The van der Waals surface area contributed by atoms with Gasteiger partial charge in [0, 0.05) is 33.2 Å². The summed E-state index contributed by atoms with van der Waals surface area (Å²) in [6, 6.07) is 19.2. The van der Waals surface area contributed by atoms with Crippen LogP contribution in [0.4, 0.5) is 0 Å². The lowest BCUT2D eigenvalue weighted by Crippen LogP contribution is -2.53. The van der Waals surface area contributed by atoms with Crippen LogP contribution in [0, 0.1) is 5.92 Å². The molecular formula is C26H35N3O3. The first-order valence-corrected chi connectivity index (χ1v) is 11.4. The summed E-state index contributed by atoms with van der Waals surface area (Å²) in [5.74, 6) is -0.639. The number of nitrogens with zero attached hydrogens (tertiary/aromatic N) is 1. The van der Waals surface area contributed by atoms with Crippen LogP contribution in [0.3, 0.4) is 0 Å². The molecule has 2 aromatic rings. The maximum Gasteiger partial charge on any atom is 0.245 e. The lowest BCUT2D eigenvalue weighted by Gasteiger charge is -2.30. The van der Waals surface area contributed by atoms with Gasteiger partial charge in [0.15, 0.2) is 0 Å². The molecule has 1 heterocycles. The second-order valence-corrected chi connectivity index (χ2v) is 8.62. The molecule has 4 unspecified atom stereocenters. The highest BCUT2D eigenvalue weighted by Crippen LogP contribution is 2.19. The summed E-state index contributed by atoms with van der Waals surface area (Å²) in [7, 11) is 3.43. The molecule has 3 rings (SSSR count). The Morgan fingerprint density at radius 2 is 1.72 bits per heavy atom. The van der Waals surface area contributed by atoms with Gasteiger partial charge in [0.25, 0.3) is 0 Å². The molecule has 0 saturated carbocycles. The summed E-state index contributed by atoms with van der Waals surface area (Å²) >= 11 is 0. The van der Waals surface area contributed by atoms with Crippen molar-refractivity contribution >= 4 is 11.8 Å². The van der Waals surface area contributed by atoms with E-state index in [4.69, 9.17) is 4.74 Å². The Bertz CT molecular complexity index is 853. The fourth-order valence-corrected chi connectivity index (χ4v) is 4.41.